The normalized spacial score (nSPS) is 13.3. The van der Waals surface area contributed by atoms with Gasteiger partial charge >= 0.3 is 0 Å². The molecule has 23 heavy (non-hydrogen) atoms. The molecule has 1 heterocycles. The molecule has 0 fully saturated rings. The molecule has 1 unspecified atom stereocenters. The maximum atomic E-state index is 12.5. The number of nitrogens with one attached hydrogen (secondary N) is 1. The van der Waals surface area contributed by atoms with E-state index in [4.69, 9.17) is 4.52 Å². The van der Waals surface area contributed by atoms with Crippen molar-refractivity contribution in [2.75, 3.05) is 13.1 Å². The molecule has 0 aliphatic carbocycles. The molecule has 0 radical (unpaired) electrons. The topological polar surface area (TPSA) is 58.4 Å². The smallest absolute Gasteiger partial charge is 0.273 e. The highest BCUT2D eigenvalue weighted by Crippen LogP contribution is 2.28. The molecule has 1 aromatic heterocycles. The van der Waals surface area contributed by atoms with E-state index in [1.54, 1.807) is 6.07 Å². The fraction of sp³-hybridized carbons (Fsp3) is 0.778. The van der Waals surface area contributed by atoms with Crippen molar-refractivity contribution in [2.24, 2.45) is 0 Å². The molecule has 1 amide bonds. The third-order valence-corrected chi connectivity index (χ3v) is 5.02. The Bertz CT molecular complexity index is 480. The van der Waals surface area contributed by atoms with Gasteiger partial charge in [-0.3, -0.25) is 9.69 Å². The summed E-state index contributed by atoms with van der Waals surface area (Å²) in [6.45, 7) is 14.9. The minimum absolute atomic E-state index is 0.0300. The van der Waals surface area contributed by atoms with Crippen molar-refractivity contribution in [1.29, 1.82) is 0 Å². The van der Waals surface area contributed by atoms with Gasteiger partial charge in [-0.15, -0.1) is 0 Å². The molecule has 5 heteroatoms. The van der Waals surface area contributed by atoms with Crippen LogP contribution in [-0.2, 0) is 6.42 Å². The predicted molar refractivity (Wildman–Crippen MR) is 93.7 cm³/mol. The average Bonchev–Trinajstić information content (AvgIpc) is 3.04. The van der Waals surface area contributed by atoms with Crippen LogP contribution in [0.2, 0.25) is 0 Å². The van der Waals surface area contributed by atoms with Gasteiger partial charge in [0, 0.05) is 24.1 Å². The third-order valence-electron chi connectivity index (χ3n) is 5.02. The molecular formula is C18H33N3O2. The van der Waals surface area contributed by atoms with E-state index in [1.807, 2.05) is 6.92 Å². The molecule has 1 atom stereocenters. The van der Waals surface area contributed by atoms with Crippen LogP contribution in [0.3, 0.4) is 0 Å². The lowest BCUT2D eigenvalue weighted by Crippen LogP contribution is -2.60. The van der Waals surface area contributed by atoms with E-state index in [0.717, 1.165) is 44.5 Å². The van der Waals surface area contributed by atoms with Gasteiger partial charge in [-0.1, -0.05) is 39.8 Å². The Morgan fingerprint density at radius 2 is 1.96 bits per heavy atom. The fourth-order valence-corrected chi connectivity index (χ4v) is 3.54. The molecule has 0 aliphatic rings. The minimum atomic E-state index is -0.153. The van der Waals surface area contributed by atoms with Gasteiger partial charge in [-0.25, -0.2) is 0 Å². The van der Waals surface area contributed by atoms with Gasteiger partial charge in [0.05, 0.1) is 0 Å². The molecule has 0 aliphatic heterocycles. The van der Waals surface area contributed by atoms with Crippen molar-refractivity contribution in [3.05, 3.63) is 17.5 Å². The molecular weight excluding hydrogens is 290 g/mol. The van der Waals surface area contributed by atoms with Gasteiger partial charge < -0.3 is 9.84 Å². The SMILES string of the molecule is CCCN(CC)C(CC)(CC)C(C)NC(=O)c1cc(CC)on1. The summed E-state index contributed by atoms with van der Waals surface area (Å²) in [5.74, 6) is 0.584. The van der Waals surface area contributed by atoms with E-state index in [-0.39, 0.29) is 17.5 Å². The number of aromatic nitrogens is 1. The predicted octanol–water partition coefficient (Wildman–Crippen LogP) is 3.65. The van der Waals surface area contributed by atoms with Gasteiger partial charge in [0.15, 0.2) is 5.69 Å². The van der Waals surface area contributed by atoms with E-state index in [9.17, 15) is 4.79 Å². The Hall–Kier alpha value is -1.36. The number of likely N-dealkylation sites (N-methyl/N-ethyl adjacent to an activating group) is 1. The van der Waals surface area contributed by atoms with Crippen LogP contribution in [0.15, 0.2) is 10.6 Å². The monoisotopic (exact) mass is 323 g/mol. The highest BCUT2D eigenvalue weighted by Gasteiger charge is 2.38. The highest BCUT2D eigenvalue weighted by atomic mass is 16.5. The molecule has 0 aromatic carbocycles. The third kappa shape index (κ3) is 4.34. The standard InChI is InChI=1S/C18H33N3O2/c1-7-12-21(11-5)18(9-3,10-4)14(6)19-17(22)16-13-15(8-2)23-20-16/h13-14H,7-12H2,1-6H3,(H,19,22). The Balaban J connectivity index is 2.92. The van der Waals surface area contributed by atoms with Gasteiger partial charge in [-0.2, -0.15) is 0 Å². The number of carbonyl (C=O) groups is 1. The van der Waals surface area contributed by atoms with Crippen molar-refractivity contribution < 1.29 is 9.32 Å². The first-order valence-electron chi connectivity index (χ1n) is 9.00. The summed E-state index contributed by atoms with van der Waals surface area (Å²) in [4.78, 5) is 15.0. The molecule has 0 bridgehead atoms. The van der Waals surface area contributed by atoms with Crippen LogP contribution in [0, 0.1) is 0 Å². The maximum Gasteiger partial charge on any atom is 0.273 e. The van der Waals surface area contributed by atoms with Gasteiger partial charge in [0.1, 0.15) is 5.76 Å². The Kier molecular flexibility index (Phi) is 7.76. The van der Waals surface area contributed by atoms with Crippen LogP contribution >= 0.6 is 0 Å². The van der Waals surface area contributed by atoms with Crippen molar-refractivity contribution in [3.8, 4) is 0 Å². The van der Waals surface area contributed by atoms with Crippen LogP contribution in [-0.4, -0.2) is 40.6 Å². The van der Waals surface area contributed by atoms with Crippen molar-refractivity contribution in [3.63, 3.8) is 0 Å². The average molecular weight is 323 g/mol. The first-order valence-corrected chi connectivity index (χ1v) is 9.00. The summed E-state index contributed by atoms with van der Waals surface area (Å²) in [5, 5.41) is 7.02. The van der Waals surface area contributed by atoms with Crippen LogP contribution in [0.25, 0.3) is 0 Å². The minimum Gasteiger partial charge on any atom is -0.361 e. The zero-order valence-electron chi connectivity index (χ0n) is 15.6. The first kappa shape index (κ1) is 19.7. The number of amides is 1. The zero-order chi connectivity index (χ0) is 17.5. The second kappa shape index (κ2) is 9.06. The zero-order valence-corrected chi connectivity index (χ0v) is 15.6. The van der Waals surface area contributed by atoms with Gasteiger partial charge in [-0.05, 0) is 39.3 Å². The molecule has 132 valence electrons. The van der Waals surface area contributed by atoms with Gasteiger partial charge in [0.25, 0.3) is 5.91 Å². The fourth-order valence-electron chi connectivity index (χ4n) is 3.54. The quantitative estimate of drug-likeness (QED) is 0.714. The summed E-state index contributed by atoms with van der Waals surface area (Å²) in [6, 6.07) is 1.77. The molecule has 1 rings (SSSR count). The molecule has 1 aromatic rings. The largest absolute Gasteiger partial charge is 0.361 e. The van der Waals surface area contributed by atoms with Crippen molar-refractivity contribution >= 4 is 5.91 Å². The van der Waals surface area contributed by atoms with Crippen LogP contribution < -0.4 is 5.32 Å². The van der Waals surface area contributed by atoms with Crippen LogP contribution in [0.4, 0.5) is 0 Å². The number of carbonyl (C=O) groups excluding carboxylic acids is 1. The van der Waals surface area contributed by atoms with Crippen LogP contribution in [0.1, 0.15) is 77.1 Å². The van der Waals surface area contributed by atoms with Crippen molar-refractivity contribution in [2.45, 2.75) is 78.8 Å². The molecule has 1 N–H and O–H groups in total. The van der Waals surface area contributed by atoms with E-state index in [1.165, 1.54) is 0 Å². The Morgan fingerprint density at radius 1 is 1.30 bits per heavy atom. The second-order valence-electron chi connectivity index (χ2n) is 6.12. The Labute approximate surface area is 140 Å². The molecule has 0 spiro atoms. The lowest BCUT2D eigenvalue weighted by molar-refractivity contribution is 0.0464. The number of hydrogen-bond acceptors (Lipinski definition) is 4. The first-order chi connectivity index (χ1) is 11.0. The van der Waals surface area contributed by atoms with E-state index in [2.05, 4.69) is 50.0 Å². The summed E-state index contributed by atoms with van der Waals surface area (Å²) in [7, 11) is 0. The lowest BCUT2D eigenvalue weighted by Gasteiger charge is -2.47. The molecule has 0 saturated carbocycles. The van der Waals surface area contributed by atoms with Crippen LogP contribution in [0.5, 0.6) is 0 Å². The number of aryl methyl sites for hydroxylation is 1. The van der Waals surface area contributed by atoms with Gasteiger partial charge in [0.2, 0.25) is 0 Å². The molecule has 5 nitrogen and oxygen atoms in total. The van der Waals surface area contributed by atoms with E-state index >= 15 is 0 Å². The maximum absolute atomic E-state index is 12.5. The second-order valence-corrected chi connectivity index (χ2v) is 6.12. The summed E-state index contributed by atoms with van der Waals surface area (Å²) < 4.78 is 5.14. The summed E-state index contributed by atoms with van der Waals surface area (Å²) in [5.41, 5.74) is 0.339. The Morgan fingerprint density at radius 3 is 2.39 bits per heavy atom. The van der Waals surface area contributed by atoms with E-state index in [0.29, 0.717) is 5.69 Å². The molecule has 0 saturated heterocycles. The van der Waals surface area contributed by atoms with E-state index < -0.39 is 0 Å². The highest BCUT2D eigenvalue weighted by molar-refractivity contribution is 5.92. The number of nitrogens with zero attached hydrogens (tertiary/aromatic N) is 2. The summed E-state index contributed by atoms with van der Waals surface area (Å²) >= 11 is 0. The van der Waals surface area contributed by atoms with Crippen molar-refractivity contribution in [1.82, 2.24) is 15.4 Å². The number of hydrogen-bond donors (Lipinski definition) is 1. The lowest BCUT2D eigenvalue weighted by atomic mass is 9.83. The number of rotatable bonds is 10. The summed E-state index contributed by atoms with van der Waals surface area (Å²) in [6.07, 6.45) is 3.85.